The Morgan fingerprint density at radius 2 is 2.21 bits per heavy atom. The molecule has 0 spiro atoms. The van der Waals surface area contributed by atoms with Crippen molar-refractivity contribution in [2.24, 2.45) is 0 Å². The number of Topliss-reactive ketones (excluding diaryl/α,β-unsaturated/α-hetero) is 1. The van der Waals surface area contributed by atoms with Gasteiger partial charge in [0.2, 0.25) is 0 Å². The Morgan fingerprint density at radius 1 is 1.42 bits per heavy atom. The number of allylic oxidation sites excluding steroid dienone is 1. The van der Waals surface area contributed by atoms with Crippen LogP contribution in [0.3, 0.4) is 0 Å². The topological polar surface area (TPSA) is 60.4 Å². The molecule has 0 saturated carbocycles. The summed E-state index contributed by atoms with van der Waals surface area (Å²) in [5, 5.41) is -0.512. The maximum absolute atomic E-state index is 12.1. The standard InChI is InChI=1S/C14H16O4S/c1-18-12-6-4-5-11(9-12)14(15)10-19(16,17)13-7-2-3-8-13/h2,4-7,9,13H,3,8,10H2,1H3. The summed E-state index contributed by atoms with van der Waals surface area (Å²) in [6.45, 7) is 0. The Kier molecular flexibility index (Phi) is 4.04. The number of carbonyl (C=O) groups is 1. The number of hydrogen-bond donors (Lipinski definition) is 0. The Hall–Kier alpha value is -1.62. The highest BCUT2D eigenvalue weighted by Crippen LogP contribution is 2.20. The Bertz CT molecular complexity index is 602. The van der Waals surface area contributed by atoms with Gasteiger partial charge in [0.25, 0.3) is 0 Å². The molecule has 1 aromatic carbocycles. The molecule has 5 heteroatoms. The van der Waals surface area contributed by atoms with Gasteiger partial charge in [0.1, 0.15) is 11.5 Å². The molecule has 0 saturated heterocycles. The maximum atomic E-state index is 12.1. The normalized spacial score (nSPS) is 18.5. The molecule has 0 aromatic heterocycles. The fourth-order valence-corrected chi connectivity index (χ4v) is 3.67. The van der Waals surface area contributed by atoms with Gasteiger partial charge in [-0.15, -0.1) is 0 Å². The number of methoxy groups -OCH3 is 1. The fraction of sp³-hybridized carbons (Fsp3) is 0.357. The molecule has 1 aromatic rings. The third-order valence-electron chi connectivity index (χ3n) is 3.15. The average molecular weight is 280 g/mol. The minimum Gasteiger partial charge on any atom is -0.497 e. The average Bonchev–Trinajstić information content (AvgIpc) is 2.93. The van der Waals surface area contributed by atoms with E-state index >= 15 is 0 Å². The summed E-state index contributed by atoms with van der Waals surface area (Å²) in [4.78, 5) is 12.0. The van der Waals surface area contributed by atoms with Gasteiger partial charge < -0.3 is 4.74 Å². The van der Waals surface area contributed by atoms with Crippen LogP contribution in [0.5, 0.6) is 5.75 Å². The number of sulfone groups is 1. The largest absolute Gasteiger partial charge is 0.497 e. The molecule has 0 fully saturated rings. The molecule has 1 aliphatic rings. The van der Waals surface area contributed by atoms with Crippen LogP contribution in [0.25, 0.3) is 0 Å². The zero-order valence-electron chi connectivity index (χ0n) is 10.7. The minimum absolute atomic E-state index is 0.366. The molecule has 2 rings (SSSR count). The van der Waals surface area contributed by atoms with Crippen LogP contribution in [-0.2, 0) is 9.84 Å². The quantitative estimate of drug-likeness (QED) is 0.611. The Balaban J connectivity index is 2.14. The van der Waals surface area contributed by atoms with Crippen LogP contribution in [-0.4, -0.2) is 32.3 Å². The second-order valence-electron chi connectivity index (χ2n) is 4.51. The van der Waals surface area contributed by atoms with Crippen molar-refractivity contribution in [3.8, 4) is 5.75 Å². The summed E-state index contributed by atoms with van der Waals surface area (Å²) < 4.78 is 29.2. The summed E-state index contributed by atoms with van der Waals surface area (Å²) in [6.07, 6.45) is 4.86. The smallest absolute Gasteiger partial charge is 0.178 e. The number of ether oxygens (including phenoxy) is 1. The molecule has 0 heterocycles. The van der Waals surface area contributed by atoms with Gasteiger partial charge in [-0.3, -0.25) is 4.79 Å². The van der Waals surface area contributed by atoms with Gasteiger partial charge in [0.15, 0.2) is 15.6 Å². The van der Waals surface area contributed by atoms with Gasteiger partial charge in [0.05, 0.1) is 12.4 Å². The molecule has 0 bridgehead atoms. The van der Waals surface area contributed by atoms with E-state index in [9.17, 15) is 13.2 Å². The van der Waals surface area contributed by atoms with Gasteiger partial charge in [-0.05, 0) is 25.0 Å². The van der Waals surface area contributed by atoms with Crippen LogP contribution >= 0.6 is 0 Å². The number of rotatable bonds is 5. The van der Waals surface area contributed by atoms with Crippen molar-refractivity contribution in [3.63, 3.8) is 0 Å². The van der Waals surface area contributed by atoms with Crippen molar-refractivity contribution in [1.82, 2.24) is 0 Å². The second kappa shape index (κ2) is 5.57. The van der Waals surface area contributed by atoms with E-state index in [1.165, 1.54) is 7.11 Å². The fourth-order valence-electron chi connectivity index (χ4n) is 2.07. The highest BCUT2D eigenvalue weighted by atomic mass is 32.2. The second-order valence-corrected chi connectivity index (χ2v) is 6.73. The number of hydrogen-bond acceptors (Lipinski definition) is 4. The van der Waals surface area contributed by atoms with Crippen LogP contribution in [0, 0.1) is 0 Å². The first kappa shape index (κ1) is 13.8. The van der Waals surface area contributed by atoms with Crippen LogP contribution in [0.2, 0.25) is 0 Å². The first-order valence-electron chi connectivity index (χ1n) is 6.08. The lowest BCUT2D eigenvalue weighted by Crippen LogP contribution is -2.25. The third kappa shape index (κ3) is 3.23. The molecule has 1 aliphatic carbocycles. The Labute approximate surface area is 113 Å². The number of benzene rings is 1. The van der Waals surface area contributed by atoms with Crippen molar-refractivity contribution in [2.75, 3.05) is 12.9 Å². The number of ketones is 1. The van der Waals surface area contributed by atoms with Gasteiger partial charge in [-0.1, -0.05) is 24.3 Å². The molecule has 1 atom stereocenters. The van der Waals surface area contributed by atoms with Gasteiger partial charge in [-0.25, -0.2) is 8.42 Å². The van der Waals surface area contributed by atoms with E-state index in [-0.39, 0.29) is 5.78 Å². The van der Waals surface area contributed by atoms with E-state index in [2.05, 4.69) is 0 Å². The van der Waals surface area contributed by atoms with E-state index in [1.54, 1.807) is 30.3 Å². The minimum atomic E-state index is -3.40. The Morgan fingerprint density at radius 3 is 2.84 bits per heavy atom. The first-order chi connectivity index (χ1) is 9.03. The summed E-state index contributed by atoms with van der Waals surface area (Å²) in [7, 11) is -1.90. The first-order valence-corrected chi connectivity index (χ1v) is 7.80. The summed E-state index contributed by atoms with van der Waals surface area (Å²) in [5.74, 6) is -0.293. The monoisotopic (exact) mass is 280 g/mol. The zero-order valence-corrected chi connectivity index (χ0v) is 11.5. The van der Waals surface area contributed by atoms with Gasteiger partial charge in [0, 0.05) is 5.56 Å². The maximum Gasteiger partial charge on any atom is 0.178 e. The van der Waals surface area contributed by atoms with E-state index in [0.29, 0.717) is 17.7 Å². The van der Waals surface area contributed by atoms with Crippen LogP contribution in [0.4, 0.5) is 0 Å². The zero-order chi connectivity index (χ0) is 13.9. The molecule has 0 radical (unpaired) electrons. The van der Waals surface area contributed by atoms with Crippen LogP contribution < -0.4 is 4.74 Å². The van der Waals surface area contributed by atoms with E-state index < -0.39 is 20.8 Å². The predicted molar refractivity (Wildman–Crippen MR) is 73.3 cm³/mol. The SMILES string of the molecule is COc1cccc(C(=O)CS(=O)(=O)C2C=CCC2)c1. The lowest BCUT2D eigenvalue weighted by Gasteiger charge is -2.09. The van der Waals surface area contributed by atoms with E-state index in [1.807, 2.05) is 6.08 Å². The van der Waals surface area contributed by atoms with E-state index in [4.69, 9.17) is 4.74 Å². The van der Waals surface area contributed by atoms with Crippen molar-refractivity contribution in [2.45, 2.75) is 18.1 Å². The summed E-state index contributed by atoms with van der Waals surface area (Å²) in [5.41, 5.74) is 0.366. The molecule has 19 heavy (non-hydrogen) atoms. The highest BCUT2D eigenvalue weighted by molar-refractivity contribution is 7.92. The van der Waals surface area contributed by atoms with Crippen molar-refractivity contribution >= 4 is 15.6 Å². The van der Waals surface area contributed by atoms with E-state index in [0.717, 1.165) is 6.42 Å². The molecule has 0 N–H and O–H groups in total. The molecule has 102 valence electrons. The molecule has 1 unspecified atom stereocenters. The highest BCUT2D eigenvalue weighted by Gasteiger charge is 2.28. The lowest BCUT2D eigenvalue weighted by atomic mass is 10.1. The van der Waals surface area contributed by atoms with Gasteiger partial charge in [-0.2, -0.15) is 0 Å². The predicted octanol–water partition coefficient (Wildman–Crippen LogP) is 2.01. The third-order valence-corrected chi connectivity index (χ3v) is 5.13. The van der Waals surface area contributed by atoms with Gasteiger partial charge >= 0.3 is 0 Å². The molecule has 4 nitrogen and oxygen atoms in total. The summed E-state index contributed by atoms with van der Waals surface area (Å²) >= 11 is 0. The lowest BCUT2D eigenvalue weighted by molar-refractivity contribution is 0.102. The summed E-state index contributed by atoms with van der Waals surface area (Å²) in [6, 6.07) is 6.55. The van der Waals surface area contributed by atoms with Crippen LogP contribution in [0.15, 0.2) is 36.4 Å². The van der Waals surface area contributed by atoms with Crippen molar-refractivity contribution < 1.29 is 17.9 Å². The molecule has 0 amide bonds. The molecular formula is C14H16O4S. The molecule has 0 aliphatic heterocycles. The molecular weight excluding hydrogens is 264 g/mol. The van der Waals surface area contributed by atoms with Crippen molar-refractivity contribution in [1.29, 1.82) is 0 Å². The van der Waals surface area contributed by atoms with Crippen molar-refractivity contribution in [3.05, 3.63) is 42.0 Å². The number of carbonyl (C=O) groups excluding carboxylic acids is 1. The van der Waals surface area contributed by atoms with Crippen LogP contribution in [0.1, 0.15) is 23.2 Å².